The molecule has 1 heterocycles. The molecule has 2 N–H and O–H groups in total. The highest BCUT2D eigenvalue weighted by atomic mass is 35.5. The average Bonchev–Trinajstić information content (AvgIpc) is 2.52. The van der Waals surface area contributed by atoms with Crippen molar-refractivity contribution in [1.29, 1.82) is 0 Å². The summed E-state index contributed by atoms with van der Waals surface area (Å²) in [6.07, 6.45) is -1.00. The van der Waals surface area contributed by atoms with Crippen LogP contribution < -0.4 is 5.73 Å². The molecular weight excluding hydrogens is 270 g/mol. The number of halogens is 1. The summed E-state index contributed by atoms with van der Waals surface area (Å²) in [6.45, 7) is 7.69. The molecule has 7 heteroatoms. The smallest absolute Gasteiger partial charge is 0.343 e. The Bertz CT molecular complexity index is 497. The highest BCUT2D eigenvalue weighted by molar-refractivity contribution is 6.32. The lowest BCUT2D eigenvalue weighted by molar-refractivity contribution is -0.125. The van der Waals surface area contributed by atoms with Crippen molar-refractivity contribution < 1.29 is 14.3 Å². The molecule has 0 spiro atoms. The highest BCUT2D eigenvalue weighted by Crippen LogP contribution is 2.22. The van der Waals surface area contributed by atoms with Gasteiger partial charge in [0, 0.05) is 6.54 Å². The lowest BCUT2D eigenvalue weighted by atomic mass is 10.2. The first-order chi connectivity index (χ1) is 8.73. The van der Waals surface area contributed by atoms with E-state index in [-0.39, 0.29) is 10.7 Å². The second-order valence-electron chi connectivity index (χ2n) is 4.78. The number of nitrogens with zero attached hydrogens (tertiary/aromatic N) is 2. The van der Waals surface area contributed by atoms with Crippen LogP contribution in [-0.2, 0) is 16.1 Å². The highest BCUT2D eigenvalue weighted by Gasteiger charge is 2.24. The Kier molecular flexibility index (Phi) is 4.94. The van der Waals surface area contributed by atoms with Crippen LogP contribution in [0.25, 0.3) is 0 Å². The van der Waals surface area contributed by atoms with Crippen LogP contribution in [0.15, 0.2) is 0 Å². The van der Waals surface area contributed by atoms with Gasteiger partial charge < -0.3 is 10.5 Å². The van der Waals surface area contributed by atoms with Gasteiger partial charge in [0.05, 0.1) is 5.69 Å². The zero-order chi connectivity index (χ0) is 14.7. The molecule has 0 bridgehead atoms. The van der Waals surface area contributed by atoms with E-state index >= 15 is 0 Å². The summed E-state index contributed by atoms with van der Waals surface area (Å²) in [6, 6.07) is 0. The Labute approximate surface area is 116 Å². The molecule has 0 unspecified atom stereocenters. The van der Waals surface area contributed by atoms with Crippen molar-refractivity contribution in [2.45, 2.75) is 40.3 Å². The summed E-state index contributed by atoms with van der Waals surface area (Å²) < 4.78 is 6.48. The molecular formula is C12H18ClN3O3. The van der Waals surface area contributed by atoms with E-state index in [1.807, 2.05) is 13.8 Å². The molecule has 1 aromatic heterocycles. The van der Waals surface area contributed by atoms with Crippen molar-refractivity contribution in [3.05, 3.63) is 16.4 Å². The molecule has 0 aliphatic rings. The number of rotatable bonds is 5. The standard InChI is InChI=1S/C12H18ClN3O3/c1-6(2)5-16-10(13)9(7(3)15-16)12(18)19-8(4)11(14)17/h6,8H,5H2,1-4H3,(H2,14,17)/t8-/m0/s1. The molecule has 19 heavy (non-hydrogen) atoms. The van der Waals surface area contributed by atoms with E-state index in [0.717, 1.165) is 0 Å². The molecule has 0 saturated heterocycles. The first kappa shape index (κ1) is 15.5. The van der Waals surface area contributed by atoms with E-state index in [1.165, 1.54) is 6.92 Å². The number of aromatic nitrogens is 2. The number of carbonyl (C=O) groups excluding carboxylic acids is 2. The molecule has 0 aliphatic heterocycles. The molecule has 0 fully saturated rings. The molecule has 0 saturated carbocycles. The number of hydrogen-bond donors (Lipinski definition) is 1. The normalized spacial score (nSPS) is 12.5. The SMILES string of the molecule is Cc1nn(CC(C)C)c(Cl)c1C(=O)O[C@@H](C)C(N)=O. The number of esters is 1. The van der Waals surface area contributed by atoms with E-state index in [1.54, 1.807) is 11.6 Å². The number of ether oxygens (including phenoxy) is 1. The third kappa shape index (κ3) is 3.70. The second-order valence-corrected chi connectivity index (χ2v) is 5.14. The Hall–Kier alpha value is -1.56. The van der Waals surface area contributed by atoms with Crippen molar-refractivity contribution in [1.82, 2.24) is 9.78 Å². The molecule has 0 radical (unpaired) electrons. The second kappa shape index (κ2) is 6.06. The van der Waals surface area contributed by atoms with Gasteiger partial charge in [-0.1, -0.05) is 25.4 Å². The van der Waals surface area contributed by atoms with Gasteiger partial charge in [-0.05, 0) is 19.8 Å². The van der Waals surface area contributed by atoms with Crippen molar-refractivity contribution >= 4 is 23.5 Å². The van der Waals surface area contributed by atoms with E-state index in [4.69, 9.17) is 22.1 Å². The summed E-state index contributed by atoms with van der Waals surface area (Å²) in [4.78, 5) is 22.8. The number of nitrogens with two attached hydrogens (primary N) is 1. The molecule has 106 valence electrons. The van der Waals surface area contributed by atoms with Gasteiger partial charge in [0.25, 0.3) is 5.91 Å². The number of hydrogen-bond acceptors (Lipinski definition) is 4. The van der Waals surface area contributed by atoms with E-state index < -0.39 is 18.0 Å². The van der Waals surface area contributed by atoms with Crippen molar-refractivity contribution in [3.8, 4) is 0 Å². The van der Waals surface area contributed by atoms with Gasteiger partial charge in [0.2, 0.25) is 0 Å². The van der Waals surface area contributed by atoms with Crippen LogP contribution in [-0.4, -0.2) is 27.8 Å². The fourth-order valence-corrected chi connectivity index (χ4v) is 1.85. The Morgan fingerprint density at radius 1 is 1.42 bits per heavy atom. The van der Waals surface area contributed by atoms with E-state index in [9.17, 15) is 9.59 Å². The van der Waals surface area contributed by atoms with Crippen LogP contribution in [0, 0.1) is 12.8 Å². The van der Waals surface area contributed by atoms with Crippen LogP contribution in [0.2, 0.25) is 5.15 Å². The van der Waals surface area contributed by atoms with Gasteiger partial charge in [-0.25, -0.2) is 4.79 Å². The Morgan fingerprint density at radius 3 is 2.47 bits per heavy atom. The lowest BCUT2D eigenvalue weighted by Gasteiger charge is -2.09. The predicted molar refractivity (Wildman–Crippen MR) is 70.9 cm³/mol. The van der Waals surface area contributed by atoms with Crippen molar-refractivity contribution in [2.24, 2.45) is 11.7 Å². The maximum absolute atomic E-state index is 11.9. The first-order valence-corrected chi connectivity index (χ1v) is 6.35. The predicted octanol–water partition coefficient (Wildman–Crippen LogP) is 1.53. The quantitative estimate of drug-likeness (QED) is 0.832. The molecule has 0 aromatic carbocycles. The fourth-order valence-electron chi connectivity index (χ4n) is 1.53. The molecule has 1 rings (SSSR count). The van der Waals surface area contributed by atoms with Crippen LogP contribution in [0.4, 0.5) is 0 Å². The largest absolute Gasteiger partial charge is 0.449 e. The topological polar surface area (TPSA) is 87.2 Å². The molecule has 1 atom stereocenters. The maximum Gasteiger partial charge on any atom is 0.343 e. The molecule has 1 amide bonds. The summed E-state index contributed by atoms with van der Waals surface area (Å²) in [5.74, 6) is -1.06. The van der Waals surface area contributed by atoms with Gasteiger partial charge in [-0.2, -0.15) is 5.10 Å². The minimum Gasteiger partial charge on any atom is -0.449 e. The minimum absolute atomic E-state index is 0.176. The zero-order valence-electron chi connectivity index (χ0n) is 11.4. The number of carbonyl (C=O) groups is 2. The lowest BCUT2D eigenvalue weighted by Crippen LogP contribution is -2.30. The summed E-state index contributed by atoms with van der Waals surface area (Å²) in [5, 5.41) is 4.41. The van der Waals surface area contributed by atoms with Crippen molar-refractivity contribution in [2.75, 3.05) is 0 Å². The van der Waals surface area contributed by atoms with Gasteiger partial charge in [0.15, 0.2) is 6.10 Å². The summed E-state index contributed by atoms with van der Waals surface area (Å²) in [5.41, 5.74) is 5.68. The van der Waals surface area contributed by atoms with E-state index in [0.29, 0.717) is 18.2 Å². The van der Waals surface area contributed by atoms with Crippen molar-refractivity contribution in [3.63, 3.8) is 0 Å². The van der Waals surface area contributed by atoms with Gasteiger partial charge >= 0.3 is 5.97 Å². The van der Waals surface area contributed by atoms with E-state index in [2.05, 4.69) is 5.10 Å². The van der Waals surface area contributed by atoms with Crippen LogP contribution in [0.5, 0.6) is 0 Å². The fraction of sp³-hybridized carbons (Fsp3) is 0.583. The third-order valence-corrected chi connectivity index (χ3v) is 2.88. The first-order valence-electron chi connectivity index (χ1n) is 5.97. The maximum atomic E-state index is 11.9. The monoisotopic (exact) mass is 287 g/mol. The minimum atomic E-state index is -1.00. The van der Waals surface area contributed by atoms with Crippen LogP contribution in [0.1, 0.15) is 36.8 Å². The van der Waals surface area contributed by atoms with Crippen LogP contribution in [0.3, 0.4) is 0 Å². The Balaban J connectivity index is 2.97. The number of aryl methyl sites for hydroxylation is 1. The van der Waals surface area contributed by atoms with Gasteiger partial charge in [0.1, 0.15) is 10.7 Å². The Morgan fingerprint density at radius 2 is 2.00 bits per heavy atom. The zero-order valence-corrected chi connectivity index (χ0v) is 12.2. The van der Waals surface area contributed by atoms with Gasteiger partial charge in [-0.15, -0.1) is 0 Å². The van der Waals surface area contributed by atoms with Crippen LogP contribution >= 0.6 is 11.6 Å². The third-order valence-electron chi connectivity index (χ3n) is 2.49. The molecule has 1 aromatic rings. The average molecular weight is 288 g/mol. The molecule has 6 nitrogen and oxygen atoms in total. The molecule has 0 aliphatic carbocycles. The summed E-state index contributed by atoms with van der Waals surface area (Å²) >= 11 is 6.12. The number of amides is 1. The number of primary amides is 1. The van der Waals surface area contributed by atoms with Gasteiger partial charge in [-0.3, -0.25) is 9.48 Å². The summed E-state index contributed by atoms with van der Waals surface area (Å²) in [7, 11) is 0.